The van der Waals surface area contributed by atoms with Crippen molar-refractivity contribution in [3.63, 3.8) is 0 Å². The summed E-state index contributed by atoms with van der Waals surface area (Å²) >= 11 is 0. The molecule has 0 aromatic rings. The van der Waals surface area contributed by atoms with Gasteiger partial charge in [0.1, 0.15) is 0 Å². The Morgan fingerprint density at radius 3 is 2.29 bits per heavy atom. The molecule has 0 aliphatic heterocycles. The zero-order valence-electron chi connectivity index (χ0n) is 11.5. The number of likely N-dealkylation sites (N-methyl/N-ethyl adjacent to an activating group) is 1. The largest absolute Gasteiger partial charge is 0.311 e. The highest BCUT2D eigenvalue weighted by Gasteiger charge is 2.38. The summed E-state index contributed by atoms with van der Waals surface area (Å²) in [5, 5.41) is 3.38. The van der Waals surface area contributed by atoms with E-state index in [2.05, 4.69) is 24.3 Å². The molecule has 17 heavy (non-hydrogen) atoms. The van der Waals surface area contributed by atoms with Gasteiger partial charge < -0.3 is 10.2 Å². The lowest BCUT2D eigenvalue weighted by Gasteiger charge is -2.48. The van der Waals surface area contributed by atoms with Crippen molar-refractivity contribution in [1.29, 1.82) is 0 Å². The summed E-state index contributed by atoms with van der Waals surface area (Å²) in [7, 11) is 1.34. The quantitative estimate of drug-likeness (QED) is 0.740. The molecule has 0 radical (unpaired) electrons. The molecule has 1 aliphatic rings. The highest BCUT2D eigenvalue weighted by atomic mass is 32.2. The molecular formula is C12H26N2O2S. The van der Waals surface area contributed by atoms with Gasteiger partial charge >= 0.3 is 0 Å². The first kappa shape index (κ1) is 14.9. The van der Waals surface area contributed by atoms with Gasteiger partial charge in [0.2, 0.25) is 0 Å². The van der Waals surface area contributed by atoms with Crippen LogP contribution < -0.4 is 5.32 Å². The number of nitrogens with zero attached hydrogens (tertiary/aromatic N) is 1. The zero-order valence-corrected chi connectivity index (χ0v) is 12.3. The van der Waals surface area contributed by atoms with Crippen molar-refractivity contribution in [2.24, 2.45) is 0 Å². The molecule has 0 bridgehead atoms. The monoisotopic (exact) mass is 262 g/mol. The molecule has 0 spiro atoms. The Hall–Kier alpha value is -0.130. The van der Waals surface area contributed by atoms with Gasteiger partial charge in [0.15, 0.2) is 9.84 Å². The fourth-order valence-corrected chi connectivity index (χ4v) is 3.40. The van der Waals surface area contributed by atoms with Crippen LogP contribution in [0.5, 0.6) is 0 Å². The van der Waals surface area contributed by atoms with Crippen LogP contribution in [-0.2, 0) is 9.84 Å². The maximum atomic E-state index is 11.5. The summed E-state index contributed by atoms with van der Waals surface area (Å²) in [5.41, 5.74) is 0.254. The maximum Gasteiger partial charge on any atom is 0.151 e. The number of sulfone groups is 1. The molecule has 5 heteroatoms. The molecule has 1 atom stereocenters. The Morgan fingerprint density at radius 2 is 1.94 bits per heavy atom. The van der Waals surface area contributed by atoms with E-state index >= 15 is 0 Å². The smallest absolute Gasteiger partial charge is 0.151 e. The molecular weight excluding hydrogens is 236 g/mol. The standard InChI is InChI=1S/C12H26N2O2S/c1-5-17(15,16)9-11(2)13-10-12(14(3)4)7-6-8-12/h11,13H,5-10H2,1-4H3. The van der Waals surface area contributed by atoms with Crippen LogP contribution in [0.3, 0.4) is 0 Å². The van der Waals surface area contributed by atoms with Gasteiger partial charge in [0.05, 0.1) is 5.75 Å². The summed E-state index contributed by atoms with van der Waals surface area (Å²) in [6, 6.07) is 0.0392. The number of hydrogen-bond acceptors (Lipinski definition) is 4. The van der Waals surface area contributed by atoms with Crippen molar-refractivity contribution in [2.75, 3.05) is 32.1 Å². The molecule has 1 N–H and O–H groups in total. The van der Waals surface area contributed by atoms with Gasteiger partial charge in [0, 0.05) is 23.9 Å². The molecule has 0 aromatic heterocycles. The van der Waals surface area contributed by atoms with Crippen molar-refractivity contribution in [3.05, 3.63) is 0 Å². The van der Waals surface area contributed by atoms with Gasteiger partial charge in [-0.25, -0.2) is 8.42 Å². The highest BCUT2D eigenvalue weighted by Crippen LogP contribution is 2.35. The predicted octanol–water partition coefficient (Wildman–Crippen LogP) is 0.884. The van der Waals surface area contributed by atoms with Crippen LogP contribution in [0, 0.1) is 0 Å². The van der Waals surface area contributed by atoms with Crippen LogP contribution in [0.4, 0.5) is 0 Å². The minimum Gasteiger partial charge on any atom is -0.311 e. The van der Waals surface area contributed by atoms with E-state index in [1.807, 2.05) is 6.92 Å². The van der Waals surface area contributed by atoms with Gasteiger partial charge in [-0.1, -0.05) is 6.92 Å². The Kier molecular flexibility index (Phi) is 4.98. The van der Waals surface area contributed by atoms with E-state index in [1.54, 1.807) is 6.92 Å². The fraction of sp³-hybridized carbons (Fsp3) is 1.00. The van der Waals surface area contributed by atoms with Gasteiger partial charge in [-0.05, 0) is 40.3 Å². The van der Waals surface area contributed by atoms with Crippen molar-refractivity contribution in [1.82, 2.24) is 10.2 Å². The third kappa shape index (κ3) is 3.93. The molecule has 0 aromatic carbocycles. The van der Waals surface area contributed by atoms with Crippen molar-refractivity contribution in [3.8, 4) is 0 Å². The minimum absolute atomic E-state index is 0.0392. The summed E-state index contributed by atoms with van der Waals surface area (Å²) in [6.07, 6.45) is 3.70. The third-order valence-corrected chi connectivity index (χ3v) is 5.84. The second-order valence-corrected chi connectivity index (χ2v) is 7.85. The number of nitrogens with one attached hydrogen (secondary N) is 1. The second-order valence-electron chi connectivity index (χ2n) is 5.45. The van der Waals surface area contributed by atoms with Crippen LogP contribution in [0.2, 0.25) is 0 Å². The summed E-state index contributed by atoms with van der Waals surface area (Å²) < 4.78 is 23.0. The molecule has 102 valence electrons. The van der Waals surface area contributed by atoms with E-state index in [0.29, 0.717) is 0 Å². The van der Waals surface area contributed by atoms with Crippen LogP contribution >= 0.6 is 0 Å². The van der Waals surface area contributed by atoms with E-state index in [9.17, 15) is 8.42 Å². The average Bonchev–Trinajstić information content (AvgIpc) is 2.14. The number of hydrogen-bond donors (Lipinski definition) is 1. The third-order valence-electron chi connectivity index (χ3n) is 3.96. The fourth-order valence-electron chi connectivity index (χ4n) is 2.29. The molecule has 1 aliphatic carbocycles. The van der Waals surface area contributed by atoms with Crippen molar-refractivity contribution < 1.29 is 8.42 Å². The summed E-state index contributed by atoms with van der Waals surface area (Å²) in [4.78, 5) is 2.27. The van der Waals surface area contributed by atoms with Gasteiger partial charge in [-0.2, -0.15) is 0 Å². The van der Waals surface area contributed by atoms with Crippen LogP contribution in [0.15, 0.2) is 0 Å². The predicted molar refractivity (Wildman–Crippen MR) is 72.1 cm³/mol. The average molecular weight is 262 g/mol. The van der Waals surface area contributed by atoms with Crippen molar-refractivity contribution in [2.45, 2.75) is 44.7 Å². The lowest BCUT2D eigenvalue weighted by molar-refractivity contribution is 0.0583. The lowest BCUT2D eigenvalue weighted by Crippen LogP contribution is -2.58. The SMILES string of the molecule is CCS(=O)(=O)CC(C)NCC1(N(C)C)CCC1. The highest BCUT2D eigenvalue weighted by molar-refractivity contribution is 7.91. The van der Waals surface area contributed by atoms with E-state index in [0.717, 1.165) is 6.54 Å². The van der Waals surface area contributed by atoms with E-state index < -0.39 is 9.84 Å². The van der Waals surface area contributed by atoms with E-state index in [4.69, 9.17) is 0 Å². The van der Waals surface area contributed by atoms with Gasteiger partial charge in [0.25, 0.3) is 0 Å². The molecule has 1 saturated carbocycles. The number of rotatable bonds is 7. The summed E-state index contributed by atoms with van der Waals surface area (Å²) in [5.74, 6) is 0.477. The maximum absolute atomic E-state index is 11.5. The molecule has 0 amide bonds. The minimum atomic E-state index is -2.87. The second kappa shape index (κ2) is 5.67. The molecule has 0 saturated heterocycles. The van der Waals surface area contributed by atoms with E-state index in [1.165, 1.54) is 19.3 Å². The Labute approximate surface area is 106 Å². The first-order chi connectivity index (χ1) is 7.81. The first-order valence-corrected chi connectivity index (χ1v) is 8.25. The van der Waals surface area contributed by atoms with Crippen LogP contribution in [0.1, 0.15) is 33.1 Å². The first-order valence-electron chi connectivity index (χ1n) is 6.42. The lowest BCUT2D eigenvalue weighted by atomic mass is 9.75. The molecule has 1 unspecified atom stereocenters. The van der Waals surface area contributed by atoms with E-state index in [-0.39, 0.29) is 23.1 Å². The van der Waals surface area contributed by atoms with Crippen LogP contribution in [-0.4, -0.2) is 57.0 Å². The summed E-state index contributed by atoms with van der Waals surface area (Å²) in [6.45, 7) is 4.55. The topological polar surface area (TPSA) is 49.4 Å². The normalized spacial score (nSPS) is 21.2. The molecule has 4 nitrogen and oxygen atoms in total. The van der Waals surface area contributed by atoms with Crippen molar-refractivity contribution >= 4 is 9.84 Å². The Balaban J connectivity index is 2.40. The zero-order chi connectivity index (χ0) is 13.1. The molecule has 1 rings (SSSR count). The van der Waals surface area contributed by atoms with Gasteiger partial charge in [-0.15, -0.1) is 0 Å². The molecule has 0 heterocycles. The molecule has 1 fully saturated rings. The Bertz CT molecular complexity index is 334. The van der Waals surface area contributed by atoms with Gasteiger partial charge in [-0.3, -0.25) is 0 Å². The Morgan fingerprint density at radius 1 is 1.35 bits per heavy atom. The van der Waals surface area contributed by atoms with Crippen LogP contribution in [0.25, 0.3) is 0 Å².